The summed E-state index contributed by atoms with van der Waals surface area (Å²) in [6.45, 7) is 5.04. The van der Waals surface area contributed by atoms with E-state index in [1.54, 1.807) is 0 Å². The Morgan fingerprint density at radius 3 is 2.78 bits per heavy atom. The van der Waals surface area contributed by atoms with E-state index in [9.17, 15) is 0 Å². The van der Waals surface area contributed by atoms with Crippen LogP contribution < -0.4 is 0 Å². The third-order valence-corrected chi connectivity index (χ3v) is 3.85. The first-order valence-electron chi connectivity index (χ1n) is 6.40. The zero-order chi connectivity index (χ0) is 12.8. The fourth-order valence-corrected chi connectivity index (χ4v) is 2.60. The minimum atomic E-state index is 0.264. The molecule has 0 aliphatic heterocycles. The first-order chi connectivity index (χ1) is 8.63. The van der Waals surface area contributed by atoms with Gasteiger partial charge >= 0.3 is 0 Å². The van der Waals surface area contributed by atoms with Crippen molar-refractivity contribution in [3.63, 3.8) is 0 Å². The summed E-state index contributed by atoms with van der Waals surface area (Å²) >= 11 is 0. The van der Waals surface area contributed by atoms with Crippen LogP contribution in [-0.4, -0.2) is 31.2 Å². The summed E-state index contributed by atoms with van der Waals surface area (Å²) in [7, 11) is 0. The Kier molecular flexibility index (Phi) is 2.59. The Labute approximate surface area is 106 Å². The number of aromatic nitrogens is 4. The molecule has 3 rings (SSSR count). The molecule has 0 saturated heterocycles. The van der Waals surface area contributed by atoms with Gasteiger partial charge in [0.15, 0.2) is 5.65 Å². The van der Waals surface area contributed by atoms with Crippen molar-refractivity contribution in [3.8, 4) is 0 Å². The van der Waals surface area contributed by atoms with Gasteiger partial charge in [-0.15, -0.1) is 0 Å². The number of nitrogens with zero attached hydrogens (tertiary/aromatic N) is 4. The van der Waals surface area contributed by atoms with E-state index in [0.29, 0.717) is 0 Å². The van der Waals surface area contributed by atoms with Gasteiger partial charge in [0.2, 0.25) is 0 Å². The SMILES string of the molecule is Cc1nc(C)c2ncn(CC3(CCO)CC3)c2n1. The van der Waals surface area contributed by atoms with Crippen LogP contribution in [0, 0.1) is 19.3 Å². The molecule has 1 saturated carbocycles. The topological polar surface area (TPSA) is 63.8 Å². The number of aliphatic hydroxyl groups is 1. The second-order valence-electron chi connectivity index (χ2n) is 5.37. The average Bonchev–Trinajstić information content (AvgIpc) is 2.94. The van der Waals surface area contributed by atoms with Gasteiger partial charge in [0.1, 0.15) is 11.3 Å². The van der Waals surface area contributed by atoms with Crippen molar-refractivity contribution in [2.45, 2.75) is 39.7 Å². The van der Waals surface area contributed by atoms with Gasteiger partial charge in [-0.05, 0) is 38.5 Å². The molecule has 1 fully saturated rings. The van der Waals surface area contributed by atoms with Crippen LogP contribution in [0.15, 0.2) is 6.33 Å². The number of aryl methyl sites for hydroxylation is 2. The van der Waals surface area contributed by atoms with Gasteiger partial charge in [-0.2, -0.15) is 0 Å². The lowest BCUT2D eigenvalue weighted by Crippen LogP contribution is -2.13. The molecule has 1 aliphatic carbocycles. The summed E-state index contributed by atoms with van der Waals surface area (Å²) in [5, 5.41) is 9.12. The maximum Gasteiger partial charge on any atom is 0.163 e. The molecule has 2 heterocycles. The molecule has 18 heavy (non-hydrogen) atoms. The molecule has 0 bridgehead atoms. The van der Waals surface area contributed by atoms with Crippen molar-refractivity contribution in [1.82, 2.24) is 19.5 Å². The third kappa shape index (κ3) is 1.88. The molecule has 1 aliphatic rings. The van der Waals surface area contributed by atoms with Crippen molar-refractivity contribution < 1.29 is 5.11 Å². The normalized spacial score (nSPS) is 17.3. The van der Waals surface area contributed by atoms with E-state index in [1.807, 2.05) is 20.2 Å². The smallest absolute Gasteiger partial charge is 0.163 e. The van der Waals surface area contributed by atoms with E-state index >= 15 is 0 Å². The molecule has 0 spiro atoms. The average molecular weight is 246 g/mol. The van der Waals surface area contributed by atoms with Crippen LogP contribution in [-0.2, 0) is 6.54 Å². The Morgan fingerprint density at radius 2 is 2.11 bits per heavy atom. The molecule has 96 valence electrons. The lowest BCUT2D eigenvalue weighted by Gasteiger charge is -2.14. The van der Waals surface area contributed by atoms with Gasteiger partial charge in [-0.3, -0.25) is 0 Å². The van der Waals surface area contributed by atoms with Gasteiger partial charge < -0.3 is 9.67 Å². The van der Waals surface area contributed by atoms with Crippen LogP contribution in [0.2, 0.25) is 0 Å². The molecule has 5 heteroatoms. The third-order valence-electron chi connectivity index (χ3n) is 3.85. The molecule has 2 aromatic heterocycles. The van der Waals surface area contributed by atoms with Gasteiger partial charge in [-0.1, -0.05) is 0 Å². The van der Waals surface area contributed by atoms with E-state index in [4.69, 9.17) is 5.11 Å². The van der Waals surface area contributed by atoms with Crippen LogP contribution in [0.4, 0.5) is 0 Å². The molecule has 1 N–H and O–H groups in total. The molecular formula is C13H18N4O. The Bertz CT molecular complexity index is 586. The predicted molar refractivity (Wildman–Crippen MR) is 68.2 cm³/mol. The number of hydrogen-bond acceptors (Lipinski definition) is 4. The molecule has 0 radical (unpaired) electrons. The minimum absolute atomic E-state index is 0.264. The van der Waals surface area contributed by atoms with Gasteiger partial charge in [0.05, 0.1) is 12.0 Å². The number of imidazole rings is 1. The fraction of sp³-hybridized carbons (Fsp3) is 0.615. The molecule has 0 unspecified atom stereocenters. The van der Waals surface area contributed by atoms with Gasteiger partial charge in [0.25, 0.3) is 0 Å². The van der Waals surface area contributed by atoms with Crippen molar-refractivity contribution in [1.29, 1.82) is 0 Å². The highest BCUT2D eigenvalue weighted by molar-refractivity contribution is 5.73. The van der Waals surface area contributed by atoms with E-state index in [-0.39, 0.29) is 12.0 Å². The maximum absolute atomic E-state index is 9.12. The first-order valence-corrected chi connectivity index (χ1v) is 6.40. The molecular weight excluding hydrogens is 228 g/mol. The molecule has 0 atom stereocenters. The minimum Gasteiger partial charge on any atom is -0.396 e. The van der Waals surface area contributed by atoms with Crippen LogP contribution in [0.3, 0.4) is 0 Å². The quantitative estimate of drug-likeness (QED) is 0.890. The zero-order valence-electron chi connectivity index (χ0n) is 10.8. The summed E-state index contributed by atoms with van der Waals surface area (Å²) in [4.78, 5) is 13.2. The largest absolute Gasteiger partial charge is 0.396 e. The fourth-order valence-electron chi connectivity index (χ4n) is 2.60. The summed E-state index contributed by atoms with van der Waals surface area (Å²) < 4.78 is 2.11. The van der Waals surface area contributed by atoms with Gasteiger partial charge in [0, 0.05) is 13.2 Å². The first kappa shape index (κ1) is 11.6. The number of fused-ring (bicyclic) bond motifs is 1. The number of rotatable bonds is 4. The van der Waals surface area contributed by atoms with Crippen LogP contribution >= 0.6 is 0 Å². The van der Waals surface area contributed by atoms with E-state index < -0.39 is 0 Å². The van der Waals surface area contributed by atoms with Crippen LogP contribution in [0.5, 0.6) is 0 Å². The summed E-state index contributed by atoms with van der Waals surface area (Å²) in [6.07, 6.45) is 5.10. The molecule has 2 aromatic rings. The van der Waals surface area contributed by atoms with Crippen LogP contribution in [0.1, 0.15) is 30.8 Å². The van der Waals surface area contributed by atoms with Crippen LogP contribution in [0.25, 0.3) is 11.2 Å². The lowest BCUT2D eigenvalue weighted by atomic mass is 10.0. The van der Waals surface area contributed by atoms with Gasteiger partial charge in [-0.25, -0.2) is 15.0 Å². The second-order valence-corrected chi connectivity index (χ2v) is 5.37. The standard InChI is InChI=1S/C13H18N4O/c1-9-11-12(16-10(2)15-9)17(8-14-11)7-13(3-4-13)5-6-18/h8,18H,3-7H2,1-2H3. The zero-order valence-corrected chi connectivity index (χ0v) is 10.8. The predicted octanol–water partition coefficient (Wildman–Crippen LogP) is 1.61. The highest BCUT2D eigenvalue weighted by Crippen LogP contribution is 2.50. The molecule has 5 nitrogen and oxygen atoms in total. The van der Waals surface area contributed by atoms with E-state index in [1.165, 1.54) is 12.8 Å². The highest BCUT2D eigenvalue weighted by Gasteiger charge is 2.42. The van der Waals surface area contributed by atoms with E-state index in [0.717, 1.165) is 35.6 Å². The van der Waals surface area contributed by atoms with Crippen molar-refractivity contribution >= 4 is 11.2 Å². The van der Waals surface area contributed by atoms with E-state index in [2.05, 4.69) is 19.5 Å². The Balaban J connectivity index is 1.98. The number of aliphatic hydroxyl groups excluding tert-OH is 1. The van der Waals surface area contributed by atoms with Crippen molar-refractivity contribution in [2.24, 2.45) is 5.41 Å². The van der Waals surface area contributed by atoms with Crippen molar-refractivity contribution in [3.05, 3.63) is 17.8 Å². The molecule has 0 aromatic carbocycles. The maximum atomic E-state index is 9.12. The second kappa shape index (κ2) is 4.02. The highest BCUT2D eigenvalue weighted by atomic mass is 16.3. The lowest BCUT2D eigenvalue weighted by molar-refractivity contribution is 0.237. The van der Waals surface area contributed by atoms with Crippen molar-refractivity contribution in [2.75, 3.05) is 6.61 Å². The molecule has 0 amide bonds. The summed E-state index contributed by atoms with van der Waals surface area (Å²) in [6, 6.07) is 0. The summed E-state index contributed by atoms with van der Waals surface area (Å²) in [5.74, 6) is 0.786. The Hall–Kier alpha value is -1.49. The number of hydrogen-bond donors (Lipinski definition) is 1. The monoisotopic (exact) mass is 246 g/mol. The summed E-state index contributed by atoms with van der Waals surface area (Å²) in [5.41, 5.74) is 3.02. The Morgan fingerprint density at radius 1 is 1.33 bits per heavy atom.